The Balaban J connectivity index is 2.44. The molecule has 0 aromatic carbocycles. The zero-order valence-corrected chi connectivity index (χ0v) is 9.99. The van der Waals surface area contributed by atoms with Crippen LogP contribution in [-0.4, -0.2) is 42.0 Å². The highest BCUT2D eigenvalue weighted by atomic mass is 16.2. The van der Waals surface area contributed by atoms with Gasteiger partial charge >= 0.3 is 0 Å². The van der Waals surface area contributed by atoms with Crippen LogP contribution in [0.5, 0.6) is 0 Å². The van der Waals surface area contributed by atoms with Gasteiger partial charge in [0, 0.05) is 18.6 Å². The molecule has 1 fully saturated rings. The number of carbonyl (C=O) groups is 1. The summed E-state index contributed by atoms with van der Waals surface area (Å²) in [6, 6.07) is 1.92. The minimum Gasteiger partial charge on any atom is -0.329 e. The first-order valence-corrected chi connectivity index (χ1v) is 5.64. The van der Waals surface area contributed by atoms with Gasteiger partial charge in [0.1, 0.15) is 6.04 Å². The molecule has 1 amide bonds. The lowest BCUT2D eigenvalue weighted by molar-refractivity contribution is -0.130. The van der Waals surface area contributed by atoms with Gasteiger partial charge in [-0.3, -0.25) is 4.79 Å². The fourth-order valence-corrected chi connectivity index (χ4v) is 1.69. The van der Waals surface area contributed by atoms with Crippen molar-refractivity contribution in [1.29, 1.82) is 5.26 Å². The molecule has 1 atom stereocenters. The van der Waals surface area contributed by atoms with Gasteiger partial charge in [-0.15, -0.1) is 0 Å². The van der Waals surface area contributed by atoms with Crippen molar-refractivity contribution in [2.75, 3.05) is 19.6 Å². The average molecular weight is 224 g/mol. The van der Waals surface area contributed by atoms with E-state index in [1.165, 1.54) is 0 Å². The molecule has 90 valence electrons. The van der Waals surface area contributed by atoms with E-state index < -0.39 is 0 Å². The van der Waals surface area contributed by atoms with Crippen molar-refractivity contribution in [2.45, 2.75) is 38.3 Å². The molecule has 3 N–H and O–H groups in total. The maximum absolute atomic E-state index is 11.8. The van der Waals surface area contributed by atoms with Crippen molar-refractivity contribution in [3.8, 4) is 6.07 Å². The Bertz CT molecular complexity index is 295. The summed E-state index contributed by atoms with van der Waals surface area (Å²) in [4.78, 5) is 13.5. The summed E-state index contributed by atoms with van der Waals surface area (Å²) in [7, 11) is 0. The summed E-state index contributed by atoms with van der Waals surface area (Å²) in [6.45, 7) is 5.32. The van der Waals surface area contributed by atoms with Gasteiger partial charge in [0.25, 0.3) is 0 Å². The fourth-order valence-electron chi connectivity index (χ4n) is 1.69. The summed E-state index contributed by atoms with van der Waals surface area (Å²) in [6.07, 6.45) is 1.72. The van der Waals surface area contributed by atoms with Gasteiger partial charge in [0.15, 0.2) is 0 Å². The van der Waals surface area contributed by atoms with Crippen LogP contribution < -0.4 is 11.1 Å². The predicted octanol–water partition coefficient (Wildman–Crippen LogP) is -0.172. The van der Waals surface area contributed by atoms with Crippen LogP contribution in [0.3, 0.4) is 0 Å². The SMILES string of the molecule is CC(C)(CN)NCC(=O)N1CCC[C@H]1C#N. The molecule has 0 spiro atoms. The Hall–Kier alpha value is -1.12. The van der Waals surface area contributed by atoms with E-state index in [9.17, 15) is 4.79 Å². The second-order valence-electron chi connectivity index (χ2n) is 4.82. The van der Waals surface area contributed by atoms with Crippen molar-refractivity contribution in [3.63, 3.8) is 0 Å². The Labute approximate surface area is 96.6 Å². The highest BCUT2D eigenvalue weighted by Crippen LogP contribution is 2.16. The number of nitrogens with one attached hydrogen (secondary N) is 1. The number of carbonyl (C=O) groups excluding carboxylic acids is 1. The summed E-state index contributed by atoms with van der Waals surface area (Å²) in [5.74, 6) is -0.00873. The average Bonchev–Trinajstić information content (AvgIpc) is 2.74. The second-order valence-corrected chi connectivity index (χ2v) is 4.82. The van der Waals surface area contributed by atoms with Crippen LogP contribution in [0.4, 0.5) is 0 Å². The monoisotopic (exact) mass is 224 g/mol. The van der Waals surface area contributed by atoms with E-state index in [0.29, 0.717) is 13.1 Å². The first kappa shape index (κ1) is 12.9. The highest BCUT2D eigenvalue weighted by molar-refractivity contribution is 5.79. The predicted molar refractivity (Wildman–Crippen MR) is 61.5 cm³/mol. The Morgan fingerprint density at radius 2 is 2.38 bits per heavy atom. The van der Waals surface area contributed by atoms with Crippen LogP contribution >= 0.6 is 0 Å². The second kappa shape index (κ2) is 5.28. The van der Waals surface area contributed by atoms with E-state index in [4.69, 9.17) is 11.0 Å². The number of nitrogens with zero attached hydrogens (tertiary/aromatic N) is 2. The van der Waals surface area contributed by atoms with E-state index in [1.807, 2.05) is 13.8 Å². The van der Waals surface area contributed by atoms with Crippen molar-refractivity contribution in [3.05, 3.63) is 0 Å². The fraction of sp³-hybridized carbons (Fsp3) is 0.818. The molecule has 0 saturated carbocycles. The van der Waals surface area contributed by atoms with Crippen molar-refractivity contribution in [2.24, 2.45) is 5.73 Å². The topological polar surface area (TPSA) is 82.2 Å². The molecule has 0 bridgehead atoms. The molecule has 5 nitrogen and oxygen atoms in total. The van der Waals surface area contributed by atoms with Crippen LogP contribution in [0.25, 0.3) is 0 Å². The Kier molecular flexibility index (Phi) is 4.27. The number of hydrogen-bond donors (Lipinski definition) is 2. The molecule has 1 aliphatic rings. The van der Waals surface area contributed by atoms with Crippen LogP contribution in [0.1, 0.15) is 26.7 Å². The van der Waals surface area contributed by atoms with E-state index in [1.54, 1.807) is 4.90 Å². The Morgan fingerprint density at radius 1 is 1.69 bits per heavy atom. The molecule has 5 heteroatoms. The molecule has 0 aliphatic carbocycles. The standard InChI is InChI=1S/C11H20N4O/c1-11(2,8-13)14-7-10(16)15-5-3-4-9(15)6-12/h9,14H,3-5,7-8,13H2,1-2H3/t9-/m0/s1. The number of nitrogens with two attached hydrogens (primary N) is 1. The van der Waals surface area contributed by atoms with Gasteiger partial charge in [0.2, 0.25) is 5.91 Å². The third kappa shape index (κ3) is 3.19. The molecule has 1 saturated heterocycles. The Morgan fingerprint density at radius 3 is 2.94 bits per heavy atom. The molecule has 0 aromatic rings. The van der Waals surface area contributed by atoms with E-state index in [0.717, 1.165) is 12.8 Å². The lowest BCUT2D eigenvalue weighted by Gasteiger charge is -2.26. The largest absolute Gasteiger partial charge is 0.329 e. The third-order valence-electron chi connectivity index (χ3n) is 2.95. The van der Waals surface area contributed by atoms with Crippen LogP contribution in [0, 0.1) is 11.3 Å². The van der Waals surface area contributed by atoms with Gasteiger partial charge in [-0.25, -0.2) is 0 Å². The van der Waals surface area contributed by atoms with Crippen molar-refractivity contribution >= 4 is 5.91 Å². The van der Waals surface area contributed by atoms with Crippen molar-refractivity contribution in [1.82, 2.24) is 10.2 Å². The van der Waals surface area contributed by atoms with Crippen LogP contribution in [-0.2, 0) is 4.79 Å². The normalized spacial score (nSPS) is 20.9. The quantitative estimate of drug-likeness (QED) is 0.694. The van der Waals surface area contributed by atoms with Gasteiger partial charge in [-0.05, 0) is 26.7 Å². The number of amides is 1. The first-order chi connectivity index (χ1) is 7.50. The molecule has 0 aromatic heterocycles. The lowest BCUT2D eigenvalue weighted by atomic mass is 10.1. The zero-order chi connectivity index (χ0) is 12.2. The van der Waals surface area contributed by atoms with E-state index in [2.05, 4.69) is 11.4 Å². The van der Waals surface area contributed by atoms with Gasteiger partial charge in [-0.2, -0.15) is 5.26 Å². The maximum atomic E-state index is 11.8. The number of nitriles is 1. The number of rotatable bonds is 4. The molecule has 0 unspecified atom stereocenters. The summed E-state index contributed by atoms with van der Waals surface area (Å²) >= 11 is 0. The first-order valence-electron chi connectivity index (χ1n) is 5.64. The molecular formula is C11H20N4O. The molecular weight excluding hydrogens is 204 g/mol. The van der Waals surface area contributed by atoms with E-state index >= 15 is 0 Å². The molecule has 16 heavy (non-hydrogen) atoms. The number of hydrogen-bond acceptors (Lipinski definition) is 4. The highest BCUT2D eigenvalue weighted by Gasteiger charge is 2.29. The van der Waals surface area contributed by atoms with Gasteiger partial charge in [0.05, 0.1) is 12.6 Å². The van der Waals surface area contributed by atoms with E-state index in [-0.39, 0.29) is 24.0 Å². The minimum absolute atomic E-state index is 0.00873. The summed E-state index contributed by atoms with van der Waals surface area (Å²) < 4.78 is 0. The molecule has 1 rings (SSSR count). The van der Waals surface area contributed by atoms with Crippen molar-refractivity contribution < 1.29 is 4.79 Å². The molecule has 0 radical (unpaired) electrons. The zero-order valence-electron chi connectivity index (χ0n) is 9.99. The summed E-state index contributed by atoms with van der Waals surface area (Å²) in [5, 5.41) is 12.0. The summed E-state index contributed by atoms with van der Waals surface area (Å²) in [5.41, 5.74) is 5.32. The molecule has 1 heterocycles. The van der Waals surface area contributed by atoms with Crippen LogP contribution in [0.2, 0.25) is 0 Å². The maximum Gasteiger partial charge on any atom is 0.237 e. The smallest absolute Gasteiger partial charge is 0.237 e. The molecule has 1 aliphatic heterocycles. The van der Waals surface area contributed by atoms with Gasteiger partial charge in [-0.1, -0.05) is 0 Å². The minimum atomic E-state index is -0.240. The number of likely N-dealkylation sites (tertiary alicyclic amines) is 1. The lowest BCUT2D eigenvalue weighted by Crippen LogP contribution is -2.51. The van der Waals surface area contributed by atoms with Gasteiger partial charge < -0.3 is 16.0 Å². The van der Waals surface area contributed by atoms with Crippen LogP contribution in [0.15, 0.2) is 0 Å². The third-order valence-corrected chi connectivity index (χ3v) is 2.95.